The van der Waals surface area contributed by atoms with Gasteiger partial charge in [-0.15, -0.1) is 0 Å². The van der Waals surface area contributed by atoms with Crippen molar-refractivity contribution in [1.29, 1.82) is 0 Å². The lowest BCUT2D eigenvalue weighted by Crippen LogP contribution is -2.11. The number of nitrogens with one attached hydrogen (secondary N) is 1. The predicted molar refractivity (Wildman–Crippen MR) is 53.2 cm³/mol. The number of para-hydroxylation sites is 1. The number of ether oxygens (including phenoxy) is 1. The van der Waals surface area contributed by atoms with E-state index in [1.807, 2.05) is 12.1 Å². The lowest BCUT2D eigenvalue weighted by Gasteiger charge is -2.03. The smallest absolute Gasteiger partial charge is 0.326 e. The third-order valence-electron chi connectivity index (χ3n) is 2.14. The first-order valence-corrected chi connectivity index (χ1v) is 4.24. The van der Waals surface area contributed by atoms with Crippen molar-refractivity contribution in [2.45, 2.75) is 0 Å². The molecule has 0 saturated heterocycles. The summed E-state index contributed by atoms with van der Waals surface area (Å²) in [5, 5.41) is 0. The maximum Gasteiger partial charge on any atom is 0.326 e. The second-order valence-electron chi connectivity index (χ2n) is 2.95. The zero-order valence-corrected chi connectivity index (χ0v) is 7.78. The molecular weight excluding hydrogens is 182 g/mol. The van der Waals surface area contributed by atoms with Gasteiger partial charge in [-0.1, -0.05) is 6.07 Å². The molecule has 1 aromatic carbocycles. The molecule has 0 aliphatic carbocycles. The Morgan fingerprint density at radius 1 is 1.57 bits per heavy atom. The molecule has 1 aromatic heterocycles. The van der Waals surface area contributed by atoms with Crippen molar-refractivity contribution in [3.8, 4) is 5.75 Å². The van der Waals surface area contributed by atoms with Crippen LogP contribution in [0, 0.1) is 0 Å². The van der Waals surface area contributed by atoms with Crippen LogP contribution in [0.15, 0.2) is 23.0 Å². The molecule has 0 spiro atoms. The van der Waals surface area contributed by atoms with Crippen molar-refractivity contribution in [1.82, 2.24) is 9.55 Å². The number of aromatic amines is 1. The summed E-state index contributed by atoms with van der Waals surface area (Å²) in [4.78, 5) is 14.0. The van der Waals surface area contributed by atoms with Crippen molar-refractivity contribution in [2.75, 3.05) is 6.73 Å². The highest BCUT2D eigenvalue weighted by molar-refractivity contribution is 5.81. The number of imidazole rings is 1. The minimum Gasteiger partial charge on any atom is -0.476 e. The molecule has 0 atom stereocenters. The SMILES string of the molecule is Cn1c(=O)[nH]c2c(OCN)cccc21. The van der Waals surface area contributed by atoms with Crippen LogP contribution in [-0.2, 0) is 7.05 Å². The molecule has 2 aromatic rings. The minimum absolute atomic E-state index is 0.0933. The molecule has 0 amide bonds. The van der Waals surface area contributed by atoms with Crippen LogP contribution in [-0.4, -0.2) is 16.3 Å². The molecule has 5 heteroatoms. The van der Waals surface area contributed by atoms with Gasteiger partial charge in [-0.3, -0.25) is 10.3 Å². The summed E-state index contributed by atoms with van der Waals surface area (Å²) in [6.45, 7) is 0.0933. The number of nitrogens with zero attached hydrogens (tertiary/aromatic N) is 1. The lowest BCUT2D eigenvalue weighted by atomic mass is 10.3. The van der Waals surface area contributed by atoms with Gasteiger partial charge < -0.3 is 9.72 Å². The Bertz CT molecular complexity index is 512. The number of rotatable bonds is 2. The summed E-state index contributed by atoms with van der Waals surface area (Å²) in [7, 11) is 1.70. The number of aryl methyl sites for hydroxylation is 1. The Balaban J connectivity index is 2.75. The number of fused-ring (bicyclic) bond motifs is 1. The fourth-order valence-electron chi connectivity index (χ4n) is 1.43. The quantitative estimate of drug-likeness (QED) is 0.667. The first-order valence-electron chi connectivity index (χ1n) is 4.24. The number of hydrogen-bond donors (Lipinski definition) is 2. The highest BCUT2D eigenvalue weighted by atomic mass is 16.5. The molecule has 0 fully saturated rings. The maximum absolute atomic E-state index is 11.3. The van der Waals surface area contributed by atoms with E-state index >= 15 is 0 Å². The molecular formula is C9H11N3O2. The van der Waals surface area contributed by atoms with Gasteiger partial charge in [0.1, 0.15) is 18.0 Å². The lowest BCUT2D eigenvalue weighted by molar-refractivity contribution is 0.333. The third-order valence-corrected chi connectivity index (χ3v) is 2.14. The summed E-state index contributed by atoms with van der Waals surface area (Å²) in [6.07, 6.45) is 0. The van der Waals surface area contributed by atoms with E-state index in [4.69, 9.17) is 10.5 Å². The van der Waals surface area contributed by atoms with Gasteiger partial charge in [0.15, 0.2) is 0 Å². The van der Waals surface area contributed by atoms with Crippen LogP contribution in [0.1, 0.15) is 0 Å². The van der Waals surface area contributed by atoms with E-state index in [1.165, 1.54) is 4.57 Å². The summed E-state index contributed by atoms with van der Waals surface area (Å²) in [6, 6.07) is 5.43. The number of H-pyrrole nitrogens is 1. The van der Waals surface area contributed by atoms with Crippen molar-refractivity contribution in [3.05, 3.63) is 28.7 Å². The standard InChI is InChI=1S/C9H11N3O2/c1-12-6-3-2-4-7(14-5-10)8(6)11-9(12)13/h2-4H,5,10H2,1H3,(H,11,13). The Hall–Kier alpha value is -1.75. The van der Waals surface area contributed by atoms with Crippen molar-refractivity contribution in [2.24, 2.45) is 12.8 Å². The van der Waals surface area contributed by atoms with Gasteiger partial charge in [-0.2, -0.15) is 0 Å². The van der Waals surface area contributed by atoms with Crippen LogP contribution < -0.4 is 16.2 Å². The number of aromatic nitrogens is 2. The minimum atomic E-state index is -0.159. The van der Waals surface area contributed by atoms with E-state index in [-0.39, 0.29) is 12.4 Å². The normalized spacial score (nSPS) is 10.7. The van der Waals surface area contributed by atoms with Crippen LogP contribution in [0.2, 0.25) is 0 Å². The van der Waals surface area contributed by atoms with Crippen LogP contribution >= 0.6 is 0 Å². The number of nitrogens with two attached hydrogens (primary N) is 1. The van der Waals surface area contributed by atoms with Gasteiger partial charge in [0.25, 0.3) is 0 Å². The Morgan fingerprint density at radius 3 is 3.07 bits per heavy atom. The van der Waals surface area contributed by atoms with Crippen molar-refractivity contribution >= 4 is 11.0 Å². The molecule has 0 unspecified atom stereocenters. The molecule has 0 radical (unpaired) electrons. The monoisotopic (exact) mass is 193 g/mol. The van der Waals surface area contributed by atoms with E-state index in [2.05, 4.69) is 4.98 Å². The molecule has 0 aliphatic rings. The van der Waals surface area contributed by atoms with E-state index in [1.54, 1.807) is 13.1 Å². The Morgan fingerprint density at radius 2 is 2.36 bits per heavy atom. The van der Waals surface area contributed by atoms with E-state index in [0.717, 1.165) is 5.52 Å². The Labute approximate surface area is 80.1 Å². The van der Waals surface area contributed by atoms with E-state index < -0.39 is 0 Å². The van der Waals surface area contributed by atoms with Gasteiger partial charge in [-0.25, -0.2) is 4.79 Å². The zero-order chi connectivity index (χ0) is 10.1. The molecule has 3 N–H and O–H groups in total. The molecule has 0 bridgehead atoms. The maximum atomic E-state index is 11.3. The summed E-state index contributed by atoms with van der Waals surface area (Å²) < 4.78 is 6.71. The van der Waals surface area contributed by atoms with Crippen LogP contribution in [0.3, 0.4) is 0 Å². The fraction of sp³-hybridized carbons (Fsp3) is 0.222. The van der Waals surface area contributed by atoms with Gasteiger partial charge in [0, 0.05) is 7.05 Å². The number of hydrogen-bond acceptors (Lipinski definition) is 3. The predicted octanol–water partition coefficient (Wildman–Crippen LogP) is 0.162. The van der Waals surface area contributed by atoms with Gasteiger partial charge >= 0.3 is 5.69 Å². The van der Waals surface area contributed by atoms with Crippen LogP contribution in [0.4, 0.5) is 0 Å². The molecule has 1 heterocycles. The van der Waals surface area contributed by atoms with Gasteiger partial charge in [0.05, 0.1) is 5.52 Å². The first kappa shape index (κ1) is 8.83. The van der Waals surface area contributed by atoms with Crippen molar-refractivity contribution in [3.63, 3.8) is 0 Å². The largest absolute Gasteiger partial charge is 0.476 e. The summed E-state index contributed by atoms with van der Waals surface area (Å²) in [5.41, 5.74) is 6.61. The van der Waals surface area contributed by atoms with Crippen LogP contribution in [0.25, 0.3) is 11.0 Å². The molecule has 5 nitrogen and oxygen atoms in total. The Kier molecular flexibility index (Phi) is 2.01. The topological polar surface area (TPSA) is 73.0 Å². The molecule has 2 rings (SSSR count). The average molecular weight is 193 g/mol. The van der Waals surface area contributed by atoms with Crippen molar-refractivity contribution < 1.29 is 4.74 Å². The second-order valence-corrected chi connectivity index (χ2v) is 2.95. The second kappa shape index (κ2) is 3.19. The highest BCUT2D eigenvalue weighted by Gasteiger charge is 2.07. The average Bonchev–Trinajstić information content (AvgIpc) is 2.46. The third kappa shape index (κ3) is 1.18. The van der Waals surface area contributed by atoms with E-state index in [9.17, 15) is 4.79 Å². The van der Waals surface area contributed by atoms with Gasteiger partial charge in [-0.05, 0) is 12.1 Å². The summed E-state index contributed by atoms with van der Waals surface area (Å²) >= 11 is 0. The molecule has 0 aliphatic heterocycles. The molecule has 74 valence electrons. The van der Waals surface area contributed by atoms with E-state index in [0.29, 0.717) is 11.3 Å². The molecule has 14 heavy (non-hydrogen) atoms. The zero-order valence-electron chi connectivity index (χ0n) is 7.78. The number of benzene rings is 1. The van der Waals surface area contributed by atoms with Gasteiger partial charge in [0.2, 0.25) is 0 Å². The summed E-state index contributed by atoms with van der Waals surface area (Å²) in [5.74, 6) is 0.600. The highest BCUT2D eigenvalue weighted by Crippen LogP contribution is 2.21. The van der Waals surface area contributed by atoms with Crippen LogP contribution in [0.5, 0.6) is 5.75 Å². The molecule has 0 saturated carbocycles. The fourth-order valence-corrected chi connectivity index (χ4v) is 1.43. The first-order chi connectivity index (χ1) is 6.74.